The third kappa shape index (κ3) is 4.27. The van der Waals surface area contributed by atoms with E-state index in [1.54, 1.807) is 7.11 Å². The maximum absolute atomic E-state index is 12.0. The van der Waals surface area contributed by atoms with Crippen LogP contribution in [0.4, 0.5) is 0 Å². The molecule has 0 radical (unpaired) electrons. The molecule has 1 aromatic rings. The summed E-state index contributed by atoms with van der Waals surface area (Å²) in [4.78, 5) is 12.0. The highest BCUT2D eigenvalue weighted by Gasteiger charge is 2.32. The molecule has 7 nitrogen and oxygen atoms in total. The minimum atomic E-state index is -0.654. The highest BCUT2D eigenvalue weighted by atomic mass is 16.5. The molecule has 0 saturated heterocycles. The summed E-state index contributed by atoms with van der Waals surface area (Å²) in [6.45, 7) is 3.95. The number of carbonyl (C=O) groups excluding carboxylic acids is 1. The number of ether oxygens (including phenoxy) is 1. The Morgan fingerprint density at radius 3 is 2.86 bits per heavy atom. The van der Waals surface area contributed by atoms with Crippen molar-refractivity contribution in [1.29, 1.82) is 0 Å². The van der Waals surface area contributed by atoms with Gasteiger partial charge < -0.3 is 19.6 Å². The quantitative estimate of drug-likeness (QED) is 0.818. The van der Waals surface area contributed by atoms with Gasteiger partial charge in [0.15, 0.2) is 0 Å². The standard InChI is InChI=1S/C15H25N3O4/c1-9(2)15-18-17-13(22-15)8-7-12(19)16-10-5-4-6-11(21-3)14(10)20/h9-11,14,20H,4-8H2,1-3H3,(H,16,19)/t10-,11-,14-/m1/s1. The summed E-state index contributed by atoms with van der Waals surface area (Å²) in [5.74, 6) is 1.11. The van der Waals surface area contributed by atoms with E-state index >= 15 is 0 Å². The summed E-state index contributed by atoms with van der Waals surface area (Å²) in [5, 5.41) is 20.9. The van der Waals surface area contributed by atoms with E-state index < -0.39 is 6.10 Å². The lowest BCUT2D eigenvalue weighted by Gasteiger charge is -2.34. The fraction of sp³-hybridized carbons (Fsp3) is 0.800. The van der Waals surface area contributed by atoms with Crippen molar-refractivity contribution in [3.8, 4) is 0 Å². The predicted octanol–water partition coefficient (Wildman–Crippen LogP) is 1.17. The van der Waals surface area contributed by atoms with E-state index in [2.05, 4.69) is 15.5 Å². The molecule has 3 atom stereocenters. The maximum Gasteiger partial charge on any atom is 0.220 e. The second-order valence-corrected chi connectivity index (χ2v) is 6.06. The Balaban J connectivity index is 1.79. The van der Waals surface area contributed by atoms with Gasteiger partial charge in [-0.3, -0.25) is 4.79 Å². The number of rotatable bonds is 6. The molecule has 7 heteroatoms. The number of amides is 1. The molecule has 0 bridgehead atoms. The maximum atomic E-state index is 12.0. The summed E-state index contributed by atoms with van der Waals surface area (Å²) in [7, 11) is 1.58. The van der Waals surface area contributed by atoms with Crippen LogP contribution in [-0.4, -0.2) is 46.6 Å². The summed E-state index contributed by atoms with van der Waals surface area (Å²) in [6, 6.07) is -0.250. The molecule has 0 aromatic carbocycles. The molecule has 0 unspecified atom stereocenters. The molecular weight excluding hydrogens is 286 g/mol. The van der Waals surface area contributed by atoms with Crippen molar-refractivity contribution in [2.24, 2.45) is 0 Å². The molecule has 1 aliphatic carbocycles. The fourth-order valence-corrected chi connectivity index (χ4v) is 2.65. The van der Waals surface area contributed by atoms with Crippen LogP contribution in [-0.2, 0) is 16.0 Å². The van der Waals surface area contributed by atoms with Crippen LogP contribution in [0.2, 0.25) is 0 Å². The first-order valence-electron chi connectivity index (χ1n) is 7.83. The van der Waals surface area contributed by atoms with Crippen molar-refractivity contribution < 1.29 is 19.1 Å². The van der Waals surface area contributed by atoms with Gasteiger partial charge in [-0.25, -0.2) is 0 Å². The lowest BCUT2D eigenvalue weighted by Crippen LogP contribution is -2.51. The van der Waals surface area contributed by atoms with Crippen molar-refractivity contribution in [1.82, 2.24) is 15.5 Å². The van der Waals surface area contributed by atoms with Gasteiger partial charge in [0.25, 0.3) is 0 Å². The van der Waals surface area contributed by atoms with Gasteiger partial charge in [-0.15, -0.1) is 10.2 Å². The van der Waals surface area contributed by atoms with Crippen LogP contribution in [0.3, 0.4) is 0 Å². The highest BCUT2D eigenvalue weighted by Crippen LogP contribution is 2.21. The van der Waals surface area contributed by atoms with Gasteiger partial charge in [0.2, 0.25) is 17.7 Å². The smallest absolute Gasteiger partial charge is 0.220 e. The number of aliphatic hydroxyl groups is 1. The van der Waals surface area contributed by atoms with Gasteiger partial charge in [-0.2, -0.15) is 0 Å². The van der Waals surface area contributed by atoms with E-state index in [9.17, 15) is 9.90 Å². The number of aromatic nitrogens is 2. The summed E-state index contributed by atoms with van der Waals surface area (Å²) in [6.07, 6.45) is 2.33. The second kappa shape index (κ2) is 7.69. The molecule has 0 spiro atoms. The average Bonchev–Trinajstić information content (AvgIpc) is 2.96. The monoisotopic (exact) mass is 311 g/mol. The molecule has 1 saturated carbocycles. The molecule has 1 fully saturated rings. The third-order valence-electron chi connectivity index (χ3n) is 3.99. The van der Waals surface area contributed by atoms with Crippen LogP contribution in [0.25, 0.3) is 0 Å². The Bertz CT molecular complexity index is 489. The topological polar surface area (TPSA) is 97.5 Å². The Hall–Kier alpha value is -1.47. The van der Waals surface area contributed by atoms with E-state index in [1.165, 1.54) is 0 Å². The van der Waals surface area contributed by atoms with Crippen molar-refractivity contribution in [2.45, 2.75) is 70.1 Å². The minimum absolute atomic E-state index is 0.120. The number of hydrogen-bond donors (Lipinski definition) is 2. The molecule has 2 rings (SSSR count). The van der Waals surface area contributed by atoms with E-state index in [-0.39, 0.29) is 30.4 Å². The molecule has 1 aliphatic rings. The lowest BCUT2D eigenvalue weighted by atomic mass is 9.90. The van der Waals surface area contributed by atoms with Crippen molar-refractivity contribution in [3.63, 3.8) is 0 Å². The largest absolute Gasteiger partial charge is 0.425 e. The fourth-order valence-electron chi connectivity index (χ4n) is 2.65. The van der Waals surface area contributed by atoms with E-state index in [0.29, 0.717) is 18.2 Å². The first-order chi connectivity index (χ1) is 10.5. The van der Waals surface area contributed by atoms with Crippen molar-refractivity contribution in [3.05, 3.63) is 11.8 Å². The van der Waals surface area contributed by atoms with Gasteiger partial charge >= 0.3 is 0 Å². The third-order valence-corrected chi connectivity index (χ3v) is 3.99. The van der Waals surface area contributed by atoms with Crippen LogP contribution in [0, 0.1) is 0 Å². The summed E-state index contributed by atoms with van der Waals surface area (Å²) < 4.78 is 10.7. The van der Waals surface area contributed by atoms with Gasteiger partial charge in [0.1, 0.15) is 6.10 Å². The number of nitrogens with zero attached hydrogens (tertiary/aromatic N) is 2. The Kier molecular flexibility index (Phi) is 5.90. The molecule has 1 heterocycles. The molecule has 1 amide bonds. The molecule has 0 aliphatic heterocycles. The van der Waals surface area contributed by atoms with Crippen molar-refractivity contribution in [2.75, 3.05) is 7.11 Å². The Morgan fingerprint density at radius 2 is 2.23 bits per heavy atom. The number of nitrogens with one attached hydrogen (secondary N) is 1. The SMILES string of the molecule is CO[C@@H]1CCC[C@@H](NC(=O)CCc2nnc(C(C)C)o2)[C@H]1O. The zero-order valence-corrected chi connectivity index (χ0v) is 13.4. The molecule has 2 N–H and O–H groups in total. The summed E-state index contributed by atoms with van der Waals surface area (Å²) in [5.41, 5.74) is 0. The van der Waals surface area contributed by atoms with Crippen LogP contribution in [0.1, 0.15) is 57.2 Å². The first-order valence-corrected chi connectivity index (χ1v) is 7.83. The highest BCUT2D eigenvalue weighted by molar-refractivity contribution is 5.76. The molecule has 22 heavy (non-hydrogen) atoms. The molecule has 1 aromatic heterocycles. The van der Waals surface area contributed by atoms with Gasteiger partial charge in [0, 0.05) is 25.9 Å². The number of aryl methyl sites for hydroxylation is 1. The van der Waals surface area contributed by atoms with Crippen molar-refractivity contribution >= 4 is 5.91 Å². The van der Waals surface area contributed by atoms with Gasteiger partial charge in [-0.1, -0.05) is 13.8 Å². The Morgan fingerprint density at radius 1 is 1.45 bits per heavy atom. The predicted molar refractivity (Wildman–Crippen MR) is 79.3 cm³/mol. The number of methoxy groups -OCH3 is 1. The zero-order valence-electron chi connectivity index (χ0n) is 13.4. The van der Waals surface area contributed by atoms with E-state index in [1.807, 2.05) is 13.8 Å². The molecule has 124 valence electrons. The number of aliphatic hydroxyl groups excluding tert-OH is 1. The van der Waals surface area contributed by atoms with Crippen LogP contribution < -0.4 is 5.32 Å². The molecular formula is C15H25N3O4. The Labute approximate surface area is 130 Å². The first kappa shape index (κ1) is 16.9. The lowest BCUT2D eigenvalue weighted by molar-refractivity contribution is -0.124. The number of carbonyl (C=O) groups is 1. The zero-order chi connectivity index (χ0) is 16.1. The second-order valence-electron chi connectivity index (χ2n) is 6.06. The average molecular weight is 311 g/mol. The van der Waals surface area contributed by atoms with Crippen LogP contribution in [0.5, 0.6) is 0 Å². The normalized spacial score (nSPS) is 25.4. The van der Waals surface area contributed by atoms with Gasteiger partial charge in [-0.05, 0) is 19.3 Å². The summed E-state index contributed by atoms with van der Waals surface area (Å²) >= 11 is 0. The van der Waals surface area contributed by atoms with Crippen LogP contribution in [0.15, 0.2) is 4.42 Å². The van der Waals surface area contributed by atoms with Crippen LogP contribution >= 0.6 is 0 Å². The minimum Gasteiger partial charge on any atom is -0.425 e. The van der Waals surface area contributed by atoms with E-state index in [4.69, 9.17) is 9.15 Å². The van der Waals surface area contributed by atoms with E-state index in [0.717, 1.165) is 19.3 Å². The number of hydrogen-bond acceptors (Lipinski definition) is 6. The van der Waals surface area contributed by atoms with Gasteiger partial charge in [0.05, 0.1) is 12.1 Å².